The lowest BCUT2D eigenvalue weighted by molar-refractivity contribution is 0.586. The number of rotatable bonds is 5. The van der Waals surface area contributed by atoms with Gasteiger partial charge in [0.2, 0.25) is 0 Å². The molecule has 0 radical (unpaired) electrons. The zero-order valence-corrected chi connectivity index (χ0v) is 10.0. The molecule has 0 amide bonds. The van der Waals surface area contributed by atoms with Gasteiger partial charge in [-0.2, -0.15) is 5.26 Å². The van der Waals surface area contributed by atoms with Crippen LogP contribution in [0.2, 0.25) is 0 Å². The SMILES string of the molecule is CCC(CC1CC1)Nc1ccc(F)cc1C#N. The van der Waals surface area contributed by atoms with Crippen LogP contribution >= 0.6 is 0 Å². The molecular weight excluding hydrogens is 215 g/mol. The van der Waals surface area contributed by atoms with Crippen LogP contribution in [0.3, 0.4) is 0 Å². The summed E-state index contributed by atoms with van der Waals surface area (Å²) in [6.45, 7) is 2.13. The van der Waals surface area contributed by atoms with Crippen LogP contribution < -0.4 is 5.32 Å². The van der Waals surface area contributed by atoms with E-state index in [0.29, 0.717) is 11.6 Å². The number of halogens is 1. The van der Waals surface area contributed by atoms with Gasteiger partial charge in [0.25, 0.3) is 0 Å². The third kappa shape index (κ3) is 3.20. The molecular formula is C14H17FN2. The highest BCUT2D eigenvalue weighted by Gasteiger charge is 2.24. The van der Waals surface area contributed by atoms with Crippen LogP contribution in [-0.2, 0) is 0 Å². The molecule has 0 aliphatic heterocycles. The van der Waals surface area contributed by atoms with Crippen LogP contribution in [0.5, 0.6) is 0 Å². The first kappa shape index (κ1) is 11.9. The monoisotopic (exact) mass is 232 g/mol. The minimum atomic E-state index is -0.359. The third-order valence-electron chi connectivity index (χ3n) is 3.27. The molecule has 1 saturated carbocycles. The van der Waals surface area contributed by atoms with Crippen LogP contribution in [0.4, 0.5) is 10.1 Å². The van der Waals surface area contributed by atoms with Gasteiger partial charge in [-0.1, -0.05) is 19.8 Å². The number of anilines is 1. The fourth-order valence-electron chi connectivity index (χ4n) is 2.04. The van der Waals surface area contributed by atoms with E-state index in [2.05, 4.69) is 12.2 Å². The van der Waals surface area contributed by atoms with E-state index >= 15 is 0 Å². The molecule has 0 bridgehead atoms. The van der Waals surface area contributed by atoms with Crippen molar-refractivity contribution in [1.82, 2.24) is 0 Å². The lowest BCUT2D eigenvalue weighted by atomic mass is 10.1. The highest BCUT2D eigenvalue weighted by Crippen LogP contribution is 2.35. The second kappa shape index (κ2) is 5.18. The molecule has 0 spiro atoms. The van der Waals surface area contributed by atoms with E-state index in [4.69, 9.17) is 5.26 Å². The van der Waals surface area contributed by atoms with Gasteiger partial charge < -0.3 is 5.32 Å². The molecule has 2 nitrogen and oxygen atoms in total. The fraction of sp³-hybridized carbons (Fsp3) is 0.500. The van der Waals surface area contributed by atoms with E-state index in [1.807, 2.05) is 6.07 Å². The van der Waals surface area contributed by atoms with Gasteiger partial charge in [0.15, 0.2) is 0 Å². The number of nitrogens with zero attached hydrogens (tertiary/aromatic N) is 1. The van der Waals surface area contributed by atoms with Crippen LogP contribution in [0, 0.1) is 23.1 Å². The molecule has 2 rings (SSSR count). The summed E-state index contributed by atoms with van der Waals surface area (Å²) in [5, 5.41) is 12.3. The first-order valence-corrected chi connectivity index (χ1v) is 6.19. The molecule has 1 N–H and O–H groups in total. The van der Waals surface area contributed by atoms with E-state index in [1.54, 1.807) is 6.07 Å². The van der Waals surface area contributed by atoms with Gasteiger partial charge in [-0.05, 0) is 37.0 Å². The van der Waals surface area contributed by atoms with Crippen molar-refractivity contribution < 1.29 is 4.39 Å². The number of benzene rings is 1. The summed E-state index contributed by atoms with van der Waals surface area (Å²) in [6.07, 6.45) is 4.83. The molecule has 3 heteroatoms. The standard InChI is InChI=1S/C14H17FN2/c1-2-13(7-10-3-4-10)17-14-6-5-12(15)8-11(14)9-16/h5-6,8,10,13,17H,2-4,7H2,1H3. The van der Waals surface area contributed by atoms with E-state index < -0.39 is 0 Å². The lowest BCUT2D eigenvalue weighted by Crippen LogP contribution is -2.19. The first-order chi connectivity index (χ1) is 8.22. The van der Waals surface area contributed by atoms with Gasteiger partial charge in [0.1, 0.15) is 11.9 Å². The predicted octanol–water partition coefficient (Wildman–Crippen LogP) is 3.69. The predicted molar refractivity (Wildman–Crippen MR) is 66.2 cm³/mol. The molecule has 1 unspecified atom stereocenters. The summed E-state index contributed by atoms with van der Waals surface area (Å²) in [5.41, 5.74) is 1.14. The van der Waals surface area contributed by atoms with Gasteiger partial charge in [0.05, 0.1) is 11.3 Å². The molecule has 1 aliphatic carbocycles. The molecule has 90 valence electrons. The first-order valence-electron chi connectivity index (χ1n) is 6.19. The average Bonchev–Trinajstić information content (AvgIpc) is 3.14. The van der Waals surface area contributed by atoms with Crippen molar-refractivity contribution in [2.45, 2.75) is 38.6 Å². The van der Waals surface area contributed by atoms with Crippen molar-refractivity contribution in [1.29, 1.82) is 5.26 Å². The highest BCUT2D eigenvalue weighted by molar-refractivity contribution is 5.57. The summed E-state index contributed by atoms with van der Waals surface area (Å²) in [7, 11) is 0. The molecule has 1 aromatic carbocycles. The van der Waals surface area contributed by atoms with Crippen LogP contribution in [0.25, 0.3) is 0 Å². The van der Waals surface area contributed by atoms with Crippen molar-refractivity contribution in [2.75, 3.05) is 5.32 Å². The van der Waals surface area contributed by atoms with Gasteiger partial charge in [-0.3, -0.25) is 0 Å². The molecule has 1 atom stereocenters. The highest BCUT2D eigenvalue weighted by atomic mass is 19.1. The van der Waals surface area contributed by atoms with Crippen LogP contribution in [0.15, 0.2) is 18.2 Å². The van der Waals surface area contributed by atoms with E-state index in [9.17, 15) is 4.39 Å². The van der Waals surface area contributed by atoms with Crippen molar-refractivity contribution in [3.8, 4) is 6.07 Å². The summed E-state index contributed by atoms with van der Waals surface area (Å²) in [6, 6.07) is 6.76. The maximum Gasteiger partial charge on any atom is 0.124 e. The average molecular weight is 232 g/mol. The molecule has 1 aliphatic rings. The van der Waals surface area contributed by atoms with Crippen LogP contribution in [-0.4, -0.2) is 6.04 Å². The Kier molecular flexibility index (Phi) is 3.63. The maximum atomic E-state index is 13.0. The zero-order valence-electron chi connectivity index (χ0n) is 10.0. The third-order valence-corrected chi connectivity index (χ3v) is 3.27. The lowest BCUT2D eigenvalue weighted by Gasteiger charge is -2.18. The number of nitriles is 1. The van der Waals surface area contributed by atoms with Crippen molar-refractivity contribution in [3.05, 3.63) is 29.6 Å². The molecule has 0 saturated heterocycles. The van der Waals surface area contributed by atoms with Crippen molar-refractivity contribution in [2.24, 2.45) is 5.92 Å². The molecule has 17 heavy (non-hydrogen) atoms. The van der Waals surface area contributed by atoms with Crippen LogP contribution in [0.1, 0.15) is 38.2 Å². The Bertz CT molecular complexity index is 432. The molecule has 1 fully saturated rings. The largest absolute Gasteiger partial charge is 0.381 e. The van der Waals surface area contributed by atoms with E-state index in [1.165, 1.54) is 25.0 Å². The molecule has 0 heterocycles. The quantitative estimate of drug-likeness (QED) is 0.840. The number of hydrogen-bond acceptors (Lipinski definition) is 2. The summed E-state index contributed by atoms with van der Waals surface area (Å²) >= 11 is 0. The zero-order chi connectivity index (χ0) is 12.3. The Labute approximate surface area is 101 Å². The Hall–Kier alpha value is -1.56. The van der Waals surface area contributed by atoms with E-state index in [0.717, 1.165) is 24.4 Å². The second-order valence-corrected chi connectivity index (χ2v) is 4.73. The van der Waals surface area contributed by atoms with Crippen molar-refractivity contribution >= 4 is 5.69 Å². The molecule has 1 aromatic rings. The van der Waals surface area contributed by atoms with Crippen molar-refractivity contribution in [3.63, 3.8) is 0 Å². The Morgan fingerprint density at radius 1 is 1.53 bits per heavy atom. The molecule has 0 aromatic heterocycles. The maximum absolute atomic E-state index is 13.0. The number of nitrogens with one attached hydrogen (secondary N) is 1. The summed E-state index contributed by atoms with van der Waals surface area (Å²) in [5.74, 6) is 0.487. The Morgan fingerprint density at radius 2 is 2.29 bits per heavy atom. The minimum Gasteiger partial charge on any atom is -0.381 e. The topological polar surface area (TPSA) is 35.8 Å². The normalized spacial score (nSPS) is 16.3. The smallest absolute Gasteiger partial charge is 0.124 e. The van der Waals surface area contributed by atoms with Gasteiger partial charge in [-0.15, -0.1) is 0 Å². The minimum absolute atomic E-state index is 0.359. The summed E-state index contributed by atoms with van der Waals surface area (Å²) < 4.78 is 13.0. The van der Waals surface area contributed by atoms with E-state index in [-0.39, 0.29) is 5.82 Å². The number of hydrogen-bond donors (Lipinski definition) is 1. The fourth-order valence-corrected chi connectivity index (χ4v) is 2.04. The van der Waals surface area contributed by atoms with Gasteiger partial charge in [-0.25, -0.2) is 4.39 Å². The van der Waals surface area contributed by atoms with Gasteiger partial charge in [0, 0.05) is 6.04 Å². The summed E-state index contributed by atoms with van der Waals surface area (Å²) in [4.78, 5) is 0. The van der Waals surface area contributed by atoms with Gasteiger partial charge >= 0.3 is 0 Å². The Morgan fingerprint density at radius 3 is 2.88 bits per heavy atom. The second-order valence-electron chi connectivity index (χ2n) is 4.73. The Balaban J connectivity index is 2.07.